The maximum Gasteiger partial charge on any atom is -0.0292 e. The summed E-state index contributed by atoms with van der Waals surface area (Å²) in [5.74, 6) is 1.07. The molecular formula is C10H16. The van der Waals surface area contributed by atoms with Crippen molar-refractivity contribution in [1.82, 2.24) is 0 Å². The van der Waals surface area contributed by atoms with Gasteiger partial charge in [-0.3, -0.25) is 0 Å². The molecule has 1 saturated carbocycles. The topological polar surface area (TPSA) is 0 Å². The van der Waals surface area contributed by atoms with E-state index in [1.54, 1.807) is 5.57 Å². The van der Waals surface area contributed by atoms with E-state index in [4.69, 9.17) is 0 Å². The first-order valence-corrected chi connectivity index (χ1v) is 4.63. The molecule has 0 nitrogen and oxygen atoms in total. The van der Waals surface area contributed by atoms with Crippen molar-refractivity contribution in [2.24, 2.45) is 5.92 Å². The summed E-state index contributed by atoms with van der Waals surface area (Å²) in [5.41, 5.74) is 1.77. The van der Waals surface area contributed by atoms with Gasteiger partial charge >= 0.3 is 0 Å². The summed E-state index contributed by atoms with van der Waals surface area (Å²) < 4.78 is 0. The van der Waals surface area contributed by atoms with Gasteiger partial charge in [-0.1, -0.05) is 11.6 Å². The molecule has 0 amide bonds. The Morgan fingerprint density at radius 2 is 2.10 bits per heavy atom. The van der Waals surface area contributed by atoms with E-state index >= 15 is 0 Å². The first kappa shape index (κ1) is 6.45. The minimum Gasteiger partial charge on any atom is -0.0853 e. The molecule has 0 spiro atoms. The molecule has 0 heterocycles. The monoisotopic (exact) mass is 136 g/mol. The van der Waals surface area contributed by atoms with Gasteiger partial charge in [0.15, 0.2) is 0 Å². The first-order chi connectivity index (χ1) is 4.95. The number of hydrogen-bond donors (Lipinski definition) is 0. The highest BCUT2D eigenvalue weighted by molar-refractivity contribution is 5.07. The molecule has 0 radical (unpaired) electrons. The molecule has 2 rings (SSSR count). The van der Waals surface area contributed by atoms with Crippen molar-refractivity contribution in [2.45, 2.75) is 44.9 Å². The zero-order chi connectivity index (χ0) is 6.81. The summed E-state index contributed by atoms with van der Waals surface area (Å²) in [4.78, 5) is 0. The summed E-state index contributed by atoms with van der Waals surface area (Å²) in [5, 5.41) is 0. The molecule has 0 N–H and O–H groups in total. The second kappa shape index (κ2) is 2.77. The predicted octanol–water partition coefficient (Wildman–Crippen LogP) is 3.29. The number of hydrogen-bond acceptors (Lipinski definition) is 0. The van der Waals surface area contributed by atoms with E-state index in [2.05, 4.69) is 6.08 Å². The van der Waals surface area contributed by atoms with Crippen LogP contribution >= 0.6 is 0 Å². The SMILES string of the molecule is C1=C2CCCC(CCC1)C2. The number of fused-ring (bicyclic) bond motifs is 2. The molecule has 0 aromatic rings. The average Bonchev–Trinajstić information content (AvgIpc) is 2.12. The smallest absolute Gasteiger partial charge is 0.0292 e. The summed E-state index contributed by atoms with van der Waals surface area (Å²) in [7, 11) is 0. The lowest BCUT2D eigenvalue weighted by Gasteiger charge is -2.21. The third kappa shape index (κ3) is 1.25. The van der Waals surface area contributed by atoms with Crippen molar-refractivity contribution in [3.05, 3.63) is 11.6 Å². The largest absolute Gasteiger partial charge is 0.0853 e. The normalized spacial score (nSPS) is 32.8. The Morgan fingerprint density at radius 1 is 1.20 bits per heavy atom. The summed E-state index contributed by atoms with van der Waals surface area (Å²) in [6.07, 6.45) is 12.7. The lowest BCUT2D eigenvalue weighted by Crippen LogP contribution is -2.05. The Balaban J connectivity index is 2.08. The predicted molar refractivity (Wildman–Crippen MR) is 43.9 cm³/mol. The minimum atomic E-state index is 1.07. The van der Waals surface area contributed by atoms with Crippen molar-refractivity contribution in [2.75, 3.05) is 0 Å². The quantitative estimate of drug-likeness (QED) is 0.448. The molecule has 0 aromatic heterocycles. The molecule has 2 bridgehead atoms. The average molecular weight is 136 g/mol. The van der Waals surface area contributed by atoms with E-state index in [0.29, 0.717) is 0 Å². The van der Waals surface area contributed by atoms with Gasteiger partial charge in [0.1, 0.15) is 0 Å². The molecule has 1 atom stereocenters. The maximum atomic E-state index is 2.50. The second-order valence-corrected chi connectivity index (χ2v) is 3.76. The van der Waals surface area contributed by atoms with E-state index in [1.807, 2.05) is 0 Å². The molecule has 10 heavy (non-hydrogen) atoms. The number of rotatable bonds is 0. The highest BCUT2D eigenvalue weighted by Crippen LogP contribution is 2.34. The molecule has 1 fully saturated rings. The third-order valence-electron chi connectivity index (χ3n) is 2.91. The van der Waals surface area contributed by atoms with Crippen molar-refractivity contribution in [1.29, 1.82) is 0 Å². The molecular weight excluding hydrogens is 120 g/mol. The fourth-order valence-corrected chi connectivity index (χ4v) is 2.34. The van der Waals surface area contributed by atoms with E-state index in [0.717, 1.165) is 5.92 Å². The summed E-state index contributed by atoms with van der Waals surface area (Å²) in [6, 6.07) is 0. The van der Waals surface area contributed by atoms with Crippen LogP contribution in [0.25, 0.3) is 0 Å². The molecule has 0 aromatic carbocycles. The molecule has 0 saturated heterocycles. The summed E-state index contributed by atoms with van der Waals surface area (Å²) >= 11 is 0. The molecule has 56 valence electrons. The van der Waals surface area contributed by atoms with Crippen LogP contribution in [0.4, 0.5) is 0 Å². The fourth-order valence-electron chi connectivity index (χ4n) is 2.34. The van der Waals surface area contributed by atoms with Gasteiger partial charge in [0.25, 0.3) is 0 Å². The molecule has 2 aliphatic carbocycles. The van der Waals surface area contributed by atoms with Crippen molar-refractivity contribution in [3.8, 4) is 0 Å². The zero-order valence-electron chi connectivity index (χ0n) is 6.60. The minimum absolute atomic E-state index is 1.07. The van der Waals surface area contributed by atoms with Gasteiger partial charge in [0, 0.05) is 0 Å². The van der Waals surface area contributed by atoms with E-state index < -0.39 is 0 Å². The van der Waals surface area contributed by atoms with Crippen molar-refractivity contribution in [3.63, 3.8) is 0 Å². The Hall–Kier alpha value is -0.260. The third-order valence-corrected chi connectivity index (χ3v) is 2.91. The molecule has 0 aliphatic heterocycles. The van der Waals surface area contributed by atoms with Crippen molar-refractivity contribution >= 4 is 0 Å². The number of allylic oxidation sites excluding steroid dienone is 2. The zero-order valence-corrected chi connectivity index (χ0v) is 6.60. The second-order valence-electron chi connectivity index (χ2n) is 3.76. The van der Waals surface area contributed by atoms with Gasteiger partial charge in [-0.05, 0) is 50.9 Å². The highest BCUT2D eigenvalue weighted by Gasteiger charge is 2.18. The molecule has 2 aliphatic rings. The Kier molecular flexibility index (Phi) is 1.79. The van der Waals surface area contributed by atoms with Crippen LogP contribution in [0.1, 0.15) is 44.9 Å². The first-order valence-electron chi connectivity index (χ1n) is 4.63. The van der Waals surface area contributed by atoms with Gasteiger partial charge in [-0.15, -0.1) is 0 Å². The van der Waals surface area contributed by atoms with Gasteiger partial charge < -0.3 is 0 Å². The van der Waals surface area contributed by atoms with E-state index in [-0.39, 0.29) is 0 Å². The van der Waals surface area contributed by atoms with Crippen LogP contribution in [0.15, 0.2) is 11.6 Å². The Morgan fingerprint density at radius 3 is 3.10 bits per heavy atom. The maximum absolute atomic E-state index is 2.50. The fraction of sp³-hybridized carbons (Fsp3) is 0.800. The van der Waals surface area contributed by atoms with Crippen LogP contribution in [0, 0.1) is 5.92 Å². The Labute approximate surface area is 63.3 Å². The lowest BCUT2D eigenvalue weighted by atomic mass is 9.85. The standard InChI is InChI=1S/C10H16/c1-2-5-10-7-3-6-9(4-1)8-10/h4,10H,1-3,5-8H2. The van der Waals surface area contributed by atoms with Gasteiger partial charge in [-0.25, -0.2) is 0 Å². The van der Waals surface area contributed by atoms with Gasteiger partial charge in [0.2, 0.25) is 0 Å². The van der Waals surface area contributed by atoms with Crippen LogP contribution in [0.5, 0.6) is 0 Å². The summed E-state index contributed by atoms with van der Waals surface area (Å²) in [6.45, 7) is 0. The molecule has 1 unspecified atom stereocenters. The van der Waals surface area contributed by atoms with Crippen LogP contribution < -0.4 is 0 Å². The highest BCUT2D eigenvalue weighted by atomic mass is 14.2. The van der Waals surface area contributed by atoms with E-state index in [1.165, 1.54) is 44.9 Å². The van der Waals surface area contributed by atoms with Crippen LogP contribution in [-0.2, 0) is 0 Å². The van der Waals surface area contributed by atoms with Crippen LogP contribution in [-0.4, -0.2) is 0 Å². The molecule has 0 heteroatoms. The lowest BCUT2D eigenvalue weighted by molar-refractivity contribution is 0.396. The van der Waals surface area contributed by atoms with Gasteiger partial charge in [-0.2, -0.15) is 0 Å². The van der Waals surface area contributed by atoms with Crippen LogP contribution in [0.2, 0.25) is 0 Å². The van der Waals surface area contributed by atoms with E-state index in [9.17, 15) is 0 Å². The van der Waals surface area contributed by atoms with Gasteiger partial charge in [0.05, 0.1) is 0 Å². The van der Waals surface area contributed by atoms with Crippen LogP contribution in [0.3, 0.4) is 0 Å². The van der Waals surface area contributed by atoms with Crippen molar-refractivity contribution < 1.29 is 0 Å². The Bertz CT molecular complexity index is 144.